The van der Waals surface area contributed by atoms with Crippen molar-refractivity contribution < 1.29 is 8.42 Å². The van der Waals surface area contributed by atoms with Gasteiger partial charge in [0, 0.05) is 17.9 Å². The number of alkyl halides is 1. The van der Waals surface area contributed by atoms with Crippen molar-refractivity contribution in [1.82, 2.24) is 4.31 Å². The third kappa shape index (κ3) is 2.34. The number of hydrogen-bond acceptors (Lipinski definition) is 2. The maximum atomic E-state index is 12.9. The van der Waals surface area contributed by atoms with E-state index >= 15 is 0 Å². The van der Waals surface area contributed by atoms with Gasteiger partial charge in [0.25, 0.3) is 0 Å². The Morgan fingerprint density at radius 3 is 2.80 bits per heavy atom. The molecule has 0 saturated carbocycles. The molecule has 0 bridgehead atoms. The van der Waals surface area contributed by atoms with Gasteiger partial charge in [-0.05, 0) is 54.9 Å². The van der Waals surface area contributed by atoms with E-state index in [1.807, 2.05) is 12.1 Å². The quantitative estimate of drug-likeness (QED) is 0.779. The van der Waals surface area contributed by atoms with Crippen molar-refractivity contribution in [1.29, 1.82) is 0 Å². The number of aryl methyl sites for hydroxylation is 2. The number of hydrogen-bond donors (Lipinski definition) is 0. The van der Waals surface area contributed by atoms with E-state index in [1.54, 1.807) is 10.4 Å². The number of sulfonamides is 1. The zero-order chi connectivity index (χ0) is 14.3. The average molecular weight is 358 g/mol. The van der Waals surface area contributed by atoms with Crippen molar-refractivity contribution in [2.45, 2.75) is 43.5 Å². The molecule has 1 aromatic carbocycles. The van der Waals surface area contributed by atoms with Gasteiger partial charge in [-0.1, -0.05) is 28.9 Å². The molecular formula is C15H20BrNO2S. The van der Waals surface area contributed by atoms with E-state index in [9.17, 15) is 8.42 Å². The highest BCUT2D eigenvalue weighted by Crippen LogP contribution is 2.32. The number of halogens is 1. The highest BCUT2D eigenvalue weighted by Gasteiger charge is 2.39. The molecule has 1 aliphatic carbocycles. The minimum atomic E-state index is -3.35. The monoisotopic (exact) mass is 357 g/mol. The first kappa shape index (κ1) is 14.5. The van der Waals surface area contributed by atoms with Gasteiger partial charge in [-0.15, -0.1) is 0 Å². The summed E-state index contributed by atoms with van der Waals surface area (Å²) in [6.07, 6.45) is 4.18. The van der Waals surface area contributed by atoms with E-state index in [0.29, 0.717) is 22.7 Å². The second-order valence-corrected chi connectivity index (χ2v) is 8.43. The smallest absolute Gasteiger partial charge is 0.207 e. The van der Waals surface area contributed by atoms with Crippen LogP contribution in [-0.2, 0) is 22.9 Å². The van der Waals surface area contributed by atoms with E-state index in [-0.39, 0.29) is 6.04 Å². The van der Waals surface area contributed by atoms with Gasteiger partial charge >= 0.3 is 0 Å². The van der Waals surface area contributed by atoms with Crippen LogP contribution in [0.2, 0.25) is 0 Å². The van der Waals surface area contributed by atoms with Gasteiger partial charge in [-0.3, -0.25) is 0 Å². The molecule has 0 amide bonds. The molecule has 2 unspecified atom stereocenters. The second-order valence-electron chi connectivity index (χ2n) is 5.89. The van der Waals surface area contributed by atoms with Crippen molar-refractivity contribution in [3.8, 4) is 0 Å². The van der Waals surface area contributed by atoms with Gasteiger partial charge in [0.05, 0.1) is 4.90 Å². The van der Waals surface area contributed by atoms with Gasteiger partial charge in [0.2, 0.25) is 10.0 Å². The standard InChI is InChI=1S/C15H20BrNO2S/c1-11-7-8-17(15(11)10-16)20(18,19)14-6-5-12-3-2-4-13(12)9-14/h5-6,9,11,15H,2-4,7-8,10H2,1H3. The molecule has 2 aliphatic rings. The predicted molar refractivity (Wildman–Crippen MR) is 83.7 cm³/mol. The van der Waals surface area contributed by atoms with Crippen molar-refractivity contribution in [3.05, 3.63) is 29.3 Å². The fourth-order valence-electron chi connectivity index (χ4n) is 3.34. The molecule has 1 heterocycles. The Labute approximate surface area is 129 Å². The van der Waals surface area contributed by atoms with Gasteiger partial charge in [-0.2, -0.15) is 4.31 Å². The maximum absolute atomic E-state index is 12.9. The third-order valence-electron chi connectivity index (χ3n) is 4.67. The first-order valence-electron chi connectivity index (χ1n) is 7.23. The molecule has 0 radical (unpaired) electrons. The molecule has 0 aromatic heterocycles. The summed E-state index contributed by atoms with van der Waals surface area (Å²) in [5.74, 6) is 0.415. The molecule has 1 fully saturated rings. The fraction of sp³-hybridized carbons (Fsp3) is 0.600. The van der Waals surface area contributed by atoms with Crippen LogP contribution in [0.25, 0.3) is 0 Å². The molecule has 0 spiro atoms. The summed E-state index contributed by atoms with van der Waals surface area (Å²) in [4.78, 5) is 0.471. The number of benzene rings is 1. The molecule has 3 nitrogen and oxygen atoms in total. The Morgan fingerprint density at radius 1 is 1.30 bits per heavy atom. The summed E-state index contributed by atoms with van der Waals surface area (Å²) in [6.45, 7) is 2.76. The molecule has 2 atom stereocenters. The molecule has 3 rings (SSSR count). The van der Waals surface area contributed by atoms with Gasteiger partial charge in [-0.25, -0.2) is 8.42 Å². The Hall–Kier alpha value is -0.390. The third-order valence-corrected chi connectivity index (χ3v) is 7.25. The molecule has 110 valence electrons. The van der Waals surface area contributed by atoms with Crippen LogP contribution in [-0.4, -0.2) is 30.6 Å². The van der Waals surface area contributed by atoms with Crippen LogP contribution in [0.15, 0.2) is 23.1 Å². The van der Waals surface area contributed by atoms with Crippen LogP contribution in [0.1, 0.15) is 30.9 Å². The highest BCUT2D eigenvalue weighted by atomic mass is 79.9. The second kappa shape index (κ2) is 5.43. The van der Waals surface area contributed by atoms with Crippen LogP contribution in [0.3, 0.4) is 0 Å². The van der Waals surface area contributed by atoms with Crippen molar-refractivity contribution in [2.24, 2.45) is 5.92 Å². The summed E-state index contributed by atoms with van der Waals surface area (Å²) in [6, 6.07) is 5.76. The zero-order valence-corrected chi connectivity index (χ0v) is 14.1. The molecule has 5 heteroatoms. The van der Waals surface area contributed by atoms with Gasteiger partial charge in [0.15, 0.2) is 0 Å². The molecule has 20 heavy (non-hydrogen) atoms. The van der Waals surface area contributed by atoms with E-state index in [2.05, 4.69) is 22.9 Å². The minimum absolute atomic E-state index is 0.0771. The molecule has 0 N–H and O–H groups in total. The molecule has 1 aromatic rings. The lowest BCUT2D eigenvalue weighted by Crippen LogP contribution is -2.38. The fourth-order valence-corrected chi connectivity index (χ4v) is 6.31. The van der Waals surface area contributed by atoms with Crippen LogP contribution >= 0.6 is 15.9 Å². The number of nitrogens with zero attached hydrogens (tertiary/aromatic N) is 1. The minimum Gasteiger partial charge on any atom is -0.207 e. The zero-order valence-electron chi connectivity index (χ0n) is 11.7. The topological polar surface area (TPSA) is 37.4 Å². The van der Waals surface area contributed by atoms with Crippen LogP contribution in [0.4, 0.5) is 0 Å². The van der Waals surface area contributed by atoms with E-state index in [1.165, 1.54) is 11.1 Å². The summed E-state index contributed by atoms with van der Waals surface area (Å²) < 4.78 is 27.4. The molecule has 1 saturated heterocycles. The summed E-state index contributed by atoms with van der Waals surface area (Å²) in [5.41, 5.74) is 2.53. The first-order chi connectivity index (χ1) is 9.54. The SMILES string of the molecule is CC1CCN(S(=O)(=O)c2ccc3c(c2)CCC3)C1CBr. The summed E-state index contributed by atoms with van der Waals surface area (Å²) >= 11 is 3.47. The lowest BCUT2D eigenvalue weighted by atomic mass is 10.1. The largest absolute Gasteiger partial charge is 0.243 e. The Balaban J connectivity index is 1.96. The van der Waals surface area contributed by atoms with Gasteiger partial charge in [0.1, 0.15) is 0 Å². The van der Waals surface area contributed by atoms with Gasteiger partial charge < -0.3 is 0 Å². The summed E-state index contributed by atoms with van der Waals surface area (Å²) in [7, 11) is -3.35. The van der Waals surface area contributed by atoms with Crippen molar-refractivity contribution in [3.63, 3.8) is 0 Å². The van der Waals surface area contributed by atoms with Crippen molar-refractivity contribution in [2.75, 3.05) is 11.9 Å². The highest BCUT2D eigenvalue weighted by molar-refractivity contribution is 9.09. The normalized spacial score (nSPS) is 26.9. The Bertz CT molecular complexity index is 614. The Morgan fingerprint density at radius 2 is 2.05 bits per heavy atom. The van der Waals surface area contributed by atoms with Crippen LogP contribution in [0, 0.1) is 5.92 Å². The van der Waals surface area contributed by atoms with E-state index in [4.69, 9.17) is 0 Å². The van der Waals surface area contributed by atoms with E-state index < -0.39 is 10.0 Å². The summed E-state index contributed by atoms with van der Waals surface area (Å²) in [5, 5.41) is 0.707. The van der Waals surface area contributed by atoms with Crippen LogP contribution in [0.5, 0.6) is 0 Å². The Kier molecular flexibility index (Phi) is 3.95. The maximum Gasteiger partial charge on any atom is 0.243 e. The van der Waals surface area contributed by atoms with Crippen molar-refractivity contribution >= 4 is 26.0 Å². The number of rotatable bonds is 3. The molecular weight excluding hydrogens is 338 g/mol. The number of fused-ring (bicyclic) bond motifs is 1. The predicted octanol–water partition coefficient (Wildman–Crippen LogP) is 2.97. The average Bonchev–Trinajstić information content (AvgIpc) is 3.03. The lowest BCUT2D eigenvalue weighted by Gasteiger charge is -2.24. The first-order valence-corrected chi connectivity index (χ1v) is 9.80. The van der Waals surface area contributed by atoms with Crippen LogP contribution < -0.4 is 0 Å². The van der Waals surface area contributed by atoms with E-state index in [0.717, 1.165) is 25.7 Å². The molecule has 1 aliphatic heterocycles. The lowest BCUT2D eigenvalue weighted by molar-refractivity contribution is 0.378.